The molecule has 0 spiro atoms. The van der Waals surface area contributed by atoms with Gasteiger partial charge in [-0.2, -0.15) is 0 Å². The van der Waals surface area contributed by atoms with Crippen LogP contribution in [0.2, 0.25) is 5.02 Å². The molecule has 0 saturated heterocycles. The lowest BCUT2D eigenvalue weighted by molar-refractivity contribution is -0.122. The van der Waals surface area contributed by atoms with E-state index in [0.29, 0.717) is 6.54 Å². The van der Waals surface area contributed by atoms with Gasteiger partial charge in [0.15, 0.2) is 0 Å². The zero-order valence-corrected chi connectivity index (χ0v) is 17.1. The molecule has 0 bridgehead atoms. The second kappa shape index (κ2) is 9.57. The molecule has 28 heavy (non-hydrogen) atoms. The van der Waals surface area contributed by atoms with Gasteiger partial charge in [-0.25, -0.2) is 8.42 Å². The molecular formula is C19H22ClN3O4S. The Labute approximate surface area is 169 Å². The molecule has 3 N–H and O–H groups in total. The van der Waals surface area contributed by atoms with Crippen molar-refractivity contribution in [2.24, 2.45) is 0 Å². The first-order valence-corrected chi connectivity index (χ1v) is 10.6. The Bertz CT molecular complexity index is 946. The van der Waals surface area contributed by atoms with Crippen molar-refractivity contribution in [3.63, 3.8) is 0 Å². The van der Waals surface area contributed by atoms with Crippen molar-refractivity contribution in [3.8, 4) is 0 Å². The number of halogens is 1. The first-order chi connectivity index (χ1) is 13.2. The molecule has 2 amide bonds. The number of sulfonamides is 1. The van der Waals surface area contributed by atoms with Gasteiger partial charge in [-0.15, -0.1) is 0 Å². The van der Waals surface area contributed by atoms with Crippen LogP contribution in [0.4, 0.5) is 5.69 Å². The molecule has 0 saturated carbocycles. The van der Waals surface area contributed by atoms with E-state index >= 15 is 0 Å². The third kappa shape index (κ3) is 5.71. The summed E-state index contributed by atoms with van der Waals surface area (Å²) in [5.74, 6) is -0.750. The SMILES string of the molecule is CCCNC(=O)[C@@H](C)NC(=O)c1ccc(S(=O)(=O)Nc2ccccc2Cl)cc1. The zero-order chi connectivity index (χ0) is 20.7. The molecule has 0 aliphatic rings. The van der Waals surface area contributed by atoms with Crippen LogP contribution in [-0.4, -0.2) is 32.8 Å². The summed E-state index contributed by atoms with van der Waals surface area (Å²) in [6.45, 7) is 4.04. The third-order valence-electron chi connectivity index (χ3n) is 3.84. The summed E-state index contributed by atoms with van der Waals surface area (Å²) in [6.07, 6.45) is 0.796. The maximum absolute atomic E-state index is 12.5. The molecule has 2 aromatic carbocycles. The van der Waals surface area contributed by atoms with Crippen LogP contribution in [-0.2, 0) is 14.8 Å². The van der Waals surface area contributed by atoms with Crippen molar-refractivity contribution in [3.05, 3.63) is 59.1 Å². The molecule has 150 valence electrons. The molecule has 0 radical (unpaired) electrons. The van der Waals surface area contributed by atoms with Gasteiger partial charge in [0.25, 0.3) is 15.9 Å². The minimum absolute atomic E-state index is 0.0160. The molecule has 1 atom stereocenters. The Hall–Kier alpha value is -2.58. The molecule has 0 aromatic heterocycles. The summed E-state index contributed by atoms with van der Waals surface area (Å²) in [7, 11) is -3.86. The highest BCUT2D eigenvalue weighted by Gasteiger charge is 2.18. The largest absolute Gasteiger partial charge is 0.354 e. The number of hydrogen-bond acceptors (Lipinski definition) is 4. The van der Waals surface area contributed by atoms with Crippen LogP contribution < -0.4 is 15.4 Å². The number of carbonyl (C=O) groups is 2. The summed E-state index contributed by atoms with van der Waals surface area (Å²) in [5, 5.41) is 5.55. The van der Waals surface area contributed by atoms with Crippen LogP contribution in [0.5, 0.6) is 0 Å². The Kier molecular flexibility index (Phi) is 7.42. The predicted octanol–water partition coefficient (Wildman–Crippen LogP) is 2.79. The van der Waals surface area contributed by atoms with Crippen molar-refractivity contribution >= 4 is 39.1 Å². The van der Waals surface area contributed by atoms with Gasteiger partial charge in [0.05, 0.1) is 15.6 Å². The Morgan fingerprint density at radius 3 is 2.32 bits per heavy atom. The van der Waals surface area contributed by atoms with E-state index in [2.05, 4.69) is 15.4 Å². The highest BCUT2D eigenvalue weighted by atomic mass is 35.5. The van der Waals surface area contributed by atoms with E-state index in [4.69, 9.17) is 11.6 Å². The molecule has 7 nitrogen and oxygen atoms in total. The molecule has 0 fully saturated rings. The Morgan fingerprint density at radius 1 is 1.07 bits per heavy atom. The summed E-state index contributed by atoms with van der Waals surface area (Å²) in [4.78, 5) is 24.1. The fourth-order valence-corrected chi connectivity index (χ4v) is 3.60. The second-order valence-electron chi connectivity index (χ2n) is 6.10. The van der Waals surface area contributed by atoms with Crippen LogP contribution in [0, 0.1) is 0 Å². The topological polar surface area (TPSA) is 104 Å². The van der Waals surface area contributed by atoms with Gasteiger partial charge in [-0.05, 0) is 49.7 Å². The van der Waals surface area contributed by atoms with Gasteiger partial charge < -0.3 is 10.6 Å². The summed E-state index contributed by atoms with van der Waals surface area (Å²) < 4.78 is 27.4. The second-order valence-corrected chi connectivity index (χ2v) is 8.19. The van der Waals surface area contributed by atoms with Crippen molar-refractivity contribution in [1.29, 1.82) is 0 Å². The maximum Gasteiger partial charge on any atom is 0.261 e. The molecular weight excluding hydrogens is 402 g/mol. The van der Waals surface area contributed by atoms with E-state index in [1.807, 2.05) is 6.92 Å². The average Bonchev–Trinajstić information content (AvgIpc) is 2.67. The van der Waals surface area contributed by atoms with E-state index in [1.165, 1.54) is 24.3 Å². The van der Waals surface area contributed by atoms with Gasteiger partial charge in [0.1, 0.15) is 6.04 Å². The molecule has 0 heterocycles. The van der Waals surface area contributed by atoms with E-state index in [-0.39, 0.29) is 27.1 Å². The van der Waals surface area contributed by atoms with Crippen LogP contribution in [0.3, 0.4) is 0 Å². The van der Waals surface area contributed by atoms with Gasteiger partial charge in [0, 0.05) is 12.1 Å². The van der Waals surface area contributed by atoms with Gasteiger partial charge >= 0.3 is 0 Å². The molecule has 0 unspecified atom stereocenters. The molecule has 0 aliphatic heterocycles. The summed E-state index contributed by atoms with van der Waals surface area (Å²) >= 11 is 5.98. The normalized spacial score (nSPS) is 12.1. The number of anilines is 1. The Balaban J connectivity index is 2.07. The molecule has 9 heteroatoms. The van der Waals surface area contributed by atoms with E-state index in [9.17, 15) is 18.0 Å². The summed E-state index contributed by atoms with van der Waals surface area (Å²) in [5.41, 5.74) is 0.504. The zero-order valence-electron chi connectivity index (χ0n) is 15.5. The minimum Gasteiger partial charge on any atom is -0.354 e. The third-order valence-corrected chi connectivity index (χ3v) is 5.55. The lowest BCUT2D eigenvalue weighted by atomic mass is 10.2. The van der Waals surface area contributed by atoms with Crippen molar-refractivity contribution < 1.29 is 18.0 Å². The van der Waals surface area contributed by atoms with Crippen LogP contribution in [0.1, 0.15) is 30.6 Å². The highest BCUT2D eigenvalue weighted by Crippen LogP contribution is 2.24. The van der Waals surface area contributed by atoms with E-state index in [0.717, 1.165) is 6.42 Å². The number of amides is 2. The van der Waals surface area contributed by atoms with Crippen molar-refractivity contribution in [1.82, 2.24) is 10.6 Å². The Morgan fingerprint density at radius 2 is 1.71 bits per heavy atom. The standard InChI is InChI=1S/C19H22ClN3O4S/c1-3-12-21-18(24)13(2)22-19(25)14-8-10-15(11-9-14)28(26,27)23-17-7-5-4-6-16(17)20/h4-11,13,23H,3,12H2,1-2H3,(H,21,24)(H,22,25)/t13-/m1/s1. The van der Waals surface area contributed by atoms with Crippen LogP contribution >= 0.6 is 11.6 Å². The number of nitrogens with one attached hydrogen (secondary N) is 3. The minimum atomic E-state index is -3.86. The monoisotopic (exact) mass is 423 g/mol. The number of hydrogen-bond donors (Lipinski definition) is 3. The van der Waals surface area contributed by atoms with Crippen LogP contribution in [0.25, 0.3) is 0 Å². The average molecular weight is 424 g/mol. The fourth-order valence-electron chi connectivity index (χ4n) is 2.28. The maximum atomic E-state index is 12.5. The summed E-state index contributed by atoms with van der Waals surface area (Å²) in [6, 6.07) is 11.2. The van der Waals surface area contributed by atoms with Crippen molar-refractivity contribution in [2.45, 2.75) is 31.2 Å². The number of carbonyl (C=O) groups excluding carboxylic acids is 2. The first-order valence-electron chi connectivity index (χ1n) is 8.70. The van der Waals surface area contributed by atoms with E-state index < -0.39 is 22.0 Å². The lowest BCUT2D eigenvalue weighted by Crippen LogP contribution is -2.45. The quantitative estimate of drug-likeness (QED) is 0.607. The van der Waals surface area contributed by atoms with Crippen molar-refractivity contribution in [2.75, 3.05) is 11.3 Å². The number of para-hydroxylation sites is 1. The van der Waals surface area contributed by atoms with Gasteiger partial charge in [-0.3, -0.25) is 14.3 Å². The molecule has 0 aliphatic carbocycles. The lowest BCUT2D eigenvalue weighted by Gasteiger charge is -2.14. The van der Waals surface area contributed by atoms with E-state index in [1.54, 1.807) is 31.2 Å². The smallest absolute Gasteiger partial charge is 0.261 e. The highest BCUT2D eigenvalue weighted by molar-refractivity contribution is 7.92. The van der Waals surface area contributed by atoms with Gasteiger partial charge in [-0.1, -0.05) is 30.7 Å². The molecule has 2 aromatic rings. The first kappa shape index (κ1) is 21.7. The predicted molar refractivity (Wildman–Crippen MR) is 109 cm³/mol. The number of benzene rings is 2. The molecule has 2 rings (SSSR count). The van der Waals surface area contributed by atoms with Gasteiger partial charge in [0.2, 0.25) is 5.91 Å². The fraction of sp³-hybridized carbons (Fsp3) is 0.263. The number of rotatable bonds is 8. The van der Waals surface area contributed by atoms with Crippen LogP contribution in [0.15, 0.2) is 53.4 Å².